The molecular weight excluding hydrogens is 298 g/mol. The zero-order valence-corrected chi connectivity index (χ0v) is 13.2. The summed E-state index contributed by atoms with van der Waals surface area (Å²) < 4.78 is 1.20. The van der Waals surface area contributed by atoms with Gasteiger partial charge in [0.25, 0.3) is 0 Å². The second-order valence-electron chi connectivity index (χ2n) is 5.15. The van der Waals surface area contributed by atoms with Gasteiger partial charge in [-0.2, -0.15) is 0 Å². The topological polar surface area (TPSA) is 12.9 Å². The molecule has 0 N–H and O–H groups in total. The van der Waals surface area contributed by atoms with E-state index in [1.54, 1.807) is 11.3 Å². The van der Waals surface area contributed by atoms with Crippen molar-refractivity contribution in [2.75, 3.05) is 0 Å². The Kier molecular flexibility index (Phi) is 3.63. The number of aromatic nitrogens is 1. The molecule has 0 saturated carbocycles. The number of rotatable bonds is 1. The maximum Gasteiger partial charge on any atom is 0.125 e. The van der Waals surface area contributed by atoms with Crippen LogP contribution in [0.3, 0.4) is 0 Å². The zero-order valence-electron chi connectivity index (χ0n) is 12.4. The summed E-state index contributed by atoms with van der Waals surface area (Å²) in [7, 11) is 0. The lowest BCUT2D eigenvalue weighted by Crippen LogP contribution is -1.83. The molecule has 0 radical (unpaired) electrons. The highest BCUT2D eigenvalue weighted by Crippen LogP contribution is 2.31. The van der Waals surface area contributed by atoms with Gasteiger partial charge in [-0.25, -0.2) is 4.98 Å². The number of benzene rings is 3. The van der Waals surface area contributed by atoms with E-state index in [0.717, 1.165) is 27.2 Å². The Hall–Kier alpha value is -2.89. The van der Waals surface area contributed by atoms with E-state index in [2.05, 4.69) is 30.0 Å². The van der Waals surface area contributed by atoms with E-state index >= 15 is 0 Å². The first-order chi connectivity index (χ1) is 11.4. The number of para-hydroxylation sites is 1. The van der Waals surface area contributed by atoms with Crippen LogP contribution in [0.25, 0.3) is 20.8 Å². The molecule has 1 nitrogen and oxygen atoms in total. The lowest BCUT2D eigenvalue weighted by molar-refractivity contribution is 1.47. The van der Waals surface area contributed by atoms with E-state index < -0.39 is 0 Å². The Morgan fingerprint density at radius 2 is 1.43 bits per heavy atom. The Morgan fingerprint density at radius 1 is 0.696 bits per heavy atom. The molecule has 108 valence electrons. The van der Waals surface area contributed by atoms with Crippen LogP contribution >= 0.6 is 11.3 Å². The van der Waals surface area contributed by atoms with Crippen molar-refractivity contribution in [2.24, 2.45) is 0 Å². The molecule has 1 heterocycles. The van der Waals surface area contributed by atoms with E-state index in [1.165, 1.54) is 4.70 Å². The Bertz CT molecular complexity index is 987. The largest absolute Gasteiger partial charge is 0.236 e. The Labute approximate surface area is 139 Å². The predicted octanol–water partition coefficient (Wildman–Crippen LogP) is 5.36. The first-order valence-electron chi connectivity index (χ1n) is 7.42. The Morgan fingerprint density at radius 3 is 2.30 bits per heavy atom. The van der Waals surface area contributed by atoms with Crippen LogP contribution in [0.4, 0.5) is 0 Å². The quantitative estimate of drug-likeness (QED) is 0.431. The second kappa shape index (κ2) is 6.08. The summed E-state index contributed by atoms with van der Waals surface area (Å²) in [6.07, 6.45) is 0. The molecule has 0 saturated heterocycles. The van der Waals surface area contributed by atoms with Gasteiger partial charge in [-0.15, -0.1) is 11.3 Å². The maximum atomic E-state index is 4.75. The van der Waals surface area contributed by atoms with Crippen molar-refractivity contribution < 1.29 is 0 Å². The molecule has 0 spiro atoms. The number of hydrogen-bond donors (Lipinski definition) is 0. The third kappa shape index (κ3) is 2.88. The van der Waals surface area contributed by atoms with E-state index in [4.69, 9.17) is 4.98 Å². The van der Waals surface area contributed by atoms with Crippen molar-refractivity contribution in [3.05, 3.63) is 90.0 Å². The normalized spacial score (nSPS) is 10.3. The fourth-order valence-corrected chi connectivity index (χ4v) is 3.43. The van der Waals surface area contributed by atoms with Crippen LogP contribution in [-0.4, -0.2) is 4.98 Å². The van der Waals surface area contributed by atoms with Gasteiger partial charge in [-0.05, 0) is 30.3 Å². The highest BCUT2D eigenvalue weighted by atomic mass is 32.1. The minimum Gasteiger partial charge on any atom is -0.236 e. The van der Waals surface area contributed by atoms with Gasteiger partial charge in [0, 0.05) is 16.7 Å². The predicted molar refractivity (Wildman–Crippen MR) is 97.5 cm³/mol. The van der Waals surface area contributed by atoms with Crippen LogP contribution < -0.4 is 0 Å². The lowest BCUT2D eigenvalue weighted by Gasteiger charge is -1.99. The van der Waals surface area contributed by atoms with E-state index in [1.807, 2.05) is 60.7 Å². The number of hydrogen-bond acceptors (Lipinski definition) is 2. The van der Waals surface area contributed by atoms with Gasteiger partial charge in [-0.1, -0.05) is 60.4 Å². The van der Waals surface area contributed by atoms with Crippen molar-refractivity contribution in [1.29, 1.82) is 0 Å². The molecule has 0 bridgehead atoms. The molecule has 0 aliphatic rings. The van der Waals surface area contributed by atoms with Crippen molar-refractivity contribution >= 4 is 21.6 Å². The maximum absolute atomic E-state index is 4.75. The summed E-state index contributed by atoms with van der Waals surface area (Å²) in [5, 5.41) is 1.02. The van der Waals surface area contributed by atoms with Gasteiger partial charge in [0.05, 0.1) is 10.2 Å². The highest BCUT2D eigenvalue weighted by molar-refractivity contribution is 7.21. The summed E-state index contributed by atoms with van der Waals surface area (Å²) in [4.78, 5) is 4.75. The van der Waals surface area contributed by atoms with Crippen LogP contribution in [0.1, 0.15) is 11.1 Å². The molecule has 0 unspecified atom stereocenters. The SMILES string of the molecule is C(#Cc1ccccc1-c1nc2ccccc2s1)c1ccccc1. The fourth-order valence-electron chi connectivity index (χ4n) is 2.43. The summed E-state index contributed by atoms with van der Waals surface area (Å²) in [5.41, 5.74) is 4.16. The molecule has 1 aromatic heterocycles. The van der Waals surface area contributed by atoms with Gasteiger partial charge < -0.3 is 0 Å². The minimum atomic E-state index is 1.01. The monoisotopic (exact) mass is 311 g/mol. The van der Waals surface area contributed by atoms with Crippen LogP contribution in [0, 0.1) is 11.8 Å². The molecule has 4 aromatic rings. The third-order valence-corrected chi connectivity index (χ3v) is 4.64. The van der Waals surface area contributed by atoms with Crippen LogP contribution in [0.2, 0.25) is 0 Å². The average molecular weight is 311 g/mol. The number of fused-ring (bicyclic) bond motifs is 1. The zero-order chi connectivity index (χ0) is 15.5. The van der Waals surface area contributed by atoms with Crippen molar-refractivity contribution in [3.8, 4) is 22.4 Å². The fraction of sp³-hybridized carbons (Fsp3) is 0. The van der Waals surface area contributed by atoms with Gasteiger partial charge in [-0.3, -0.25) is 0 Å². The third-order valence-electron chi connectivity index (χ3n) is 3.57. The van der Waals surface area contributed by atoms with Crippen molar-refractivity contribution in [2.45, 2.75) is 0 Å². The molecule has 0 aliphatic heterocycles. The first kappa shape index (κ1) is 13.8. The number of thiazole rings is 1. The van der Waals surface area contributed by atoms with E-state index in [-0.39, 0.29) is 0 Å². The van der Waals surface area contributed by atoms with Crippen LogP contribution in [0.15, 0.2) is 78.9 Å². The van der Waals surface area contributed by atoms with Gasteiger partial charge >= 0.3 is 0 Å². The average Bonchev–Trinajstić information content (AvgIpc) is 3.05. The highest BCUT2D eigenvalue weighted by Gasteiger charge is 2.08. The van der Waals surface area contributed by atoms with Crippen LogP contribution in [0.5, 0.6) is 0 Å². The summed E-state index contributed by atoms with van der Waals surface area (Å²) in [6.45, 7) is 0. The van der Waals surface area contributed by atoms with Gasteiger partial charge in [0.15, 0.2) is 0 Å². The molecule has 3 aromatic carbocycles. The smallest absolute Gasteiger partial charge is 0.125 e. The molecule has 0 amide bonds. The van der Waals surface area contributed by atoms with Crippen molar-refractivity contribution in [1.82, 2.24) is 4.98 Å². The van der Waals surface area contributed by atoms with Crippen LogP contribution in [-0.2, 0) is 0 Å². The summed E-state index contributed by atoms with van der Waals surface area (Å²) >= 11 is 1.71. The summed E-state index contributed by atoms with van der Waals surface area (Å²) in [6, 6.07) is 26.5. The molecule has 0 fully saturated rings. The van der Waals surface area contributed by atoms with E-state index in [9.17, 15) is 0 Å². The van der Waals surface area contributed by atoms with Gasteiger partial charge in [0.1, 0.15) is 5.01 Å². The minimum absolute atomic E-state index is 1.01. The molecular formula is C21H13NS. The van der Waals surface area contributed by atoms with E-state index in [0.29, 0.717) is 0 Å². The lowest BCUT2D eigenvalue weighted by atomic mass is 10.1. The molecule has 0 atom stereocenters. The van der Waals surface area contributed by atoms with Gasteiger partial charge in [0.2, 0.25) is 0 Å². The molecule has 2 heteroatoms. The Balaban J connectivity index is 1.80. The molecule has 23 heavy (non-hydrogen) atoms. The first-order valence-corrected chi connectivity index (χ1v) is 8.24. The standard InChI is InChI=1S/C21H13NS/c1-2-8-16(9-3-1)14-15-17-10-4-5-11-18(17)21-22-19-12-6-7-13-20(19)23-21/h1-13H. The van der Waals surface area contributed by atoms with Crippen molar-refractivity contribution in [3.63, 3.8) is 0 Å². The molecule has 0 aliphatic carbocycles. The second-order valence-corrected chi connectivity index (χ2v) is 6.18. The summed E-state index contributed by atoms with van der Waals surface area (Å²) in [5.74, 6) is 6.52. The molecule has 4 rings (SSSR count). The number of nitrogens with zero attached hydrogens (tertiary/aromatic N) is 1.